The molecule has 0 fully saturated rings. The fourth-order valence-electron chi connectivity index (χ4n) is 3.05. The summed E-state index contributed by atoms with van der Waals surface area (Å²) in [6, 6.07) is 12.6. The Hall–Kier alpha value is -2.89. The van der Waals surface area contributed by atoms with Crippen LogP contribution in [-0.2, 0) is 14.6 Å². The molecule has 2 aromatic carbocycles. The van der Waals surface area contributed by atoms with E-state index < -0.39 is 14.8 Å². The van der Waals surface area contributed by atoms with Gasteiger partial charge in [0.1, 0.15) is 0 Å². The zero-order valence-corrected chi connectivity index (χ0v) is 19.4. The van der Waals surface area contributed by atoms with Crippen LogP contribution in [0.2, 0.25) is 0 Å². The van der Waals surface area contributed by atoms with Crippen LogP contribution in [0.3, 0.4) is 0 Å². The number of hydrogen-bond acceptors (Lipinski definition) is 8. The van der Waals surface area contributed by atoms with Crippen LogP contribution in [0.1, 0.15) is 12.8 Å². The summed E-state index contributed by atoms with van der Waals surface area (Å²) >= 11 is 1.21. The van der Waals surface area contributed by atoms with Gasteiger partial charge in [0.05, 0.1) is 25.8 Å². The van der Waals surface area contributed by atoms with Gasteiger partial charge in [-0.2, -0.15) is 0 Å². The van der Waals surface area contributed by atoms with Crippen molar-refractivity contribution in [1.82, 2.24) is 9.88 Å². The van der Waals surface area contributed by atoms with Gasteiger partial charge in [0.15, 0.2) is 15.0 Å². The lowest BCUT2D eigenvalue weighted by Crippen LogP contribution is -2.36. The lowest BCUT2D eigenvalue weighted by atomic mass is 10.3. The molecule has 0 N–H and O–H groups in total. The van der Waals surface area contributed by atoms with E-state index in [2.05, 4.69) is 4.98 Å². The Morgan fingerprint density at radius 3 is 2.50 bits per heavy atom. The van der Waals surface area contributed by atoms with E-state index in [0.717, 1.165) is 0 Å². The third-order valence-corrected chi connectivity index (χ3v) is 7.64. The monoisotopic (exact) mass is 476 g/mol. The first-order valence-electron chi connectivity index (χ1n) is 9.95. The number of benzene rings is 2. The predicted molar refractivity (Wildman–Crippen MR) is 125 cm³/mol. The first kappa shape index (κ1) is 23.8. The van der Waals surface area contributed by atoms with Crippen molar-refractivity contribution in [2.24, 2.45) is 0 Å². The topological polar surface area (TPSA) is 114 Å². The van der Waals surface area contributed by atoms with Gasteiger partial charge in [0.25, 0.3) is 5.69 Å². The van der Waals surface area contributed by atoms with Crippen LogP contribution in [0.25, 0.3) is 10.2 Å². The minimum absolute atomic E-state index is 0.0370. The Labute approximate surface area is 190 Å². The molecule has 1 aromatic heterocycles. The van der Waals surface area contributed by atoms with Gasteiger partial charge in [0, 0.05) is 31.6 Å². The summed E-state index contributed by atoms with van der Waals surface area (Å²) in [6.07, 6.45) is 0.237. The number of anilines is 1. The SMILES string of the molecule is CN(C)CCN(C(=O)CCCS(=O)(=O)c1ccccc1)c1nc2ccc([N+](=O)[O-])cc2s1. The number of likely N-dealkylation sites (N-methyl/N-ethyl adjacent to an activating group) is 1. The Morgan fingerprint density at radius 1 is 1.12 bits per heavy atom. The molecule has 9 nitrogen and oxygen atoms in total. The summed E-state index contributed by atoms with van der Waals surface area (Å²) in [7, 11) is 0.310. The summed E-state index contributed by atoms with van der Waals surface area (Å²) in [6.45, 7) is 0.962. The number of carbonyl (C=O) groups is 1. The van der Waals surface area contributed by atoms with Gasteiger partial charge in [-0.05, 0) is 38.7 Å². The molecular formula is C21H24N4O5S2. The van der Waals surface area contributed by atoms with Gasteiger partial charge in [-0.15, -0.1) is 0 Å². The van der Waals surface area contributed by atoms with Gasteiger partial charge in [-0.25, -0.2) is 13.4 Å². The zero-order valence-electron chi connectivity index (χ0n) is 17.8. The van der Waals surface area contributed by atoms with Crippen molar-refractivity contribution in [3.05, 3.63) is 58.6 Å². The normalized spacial score (nSPS) is 11.7. The molecule has 3 rings (SSSR count). The third kappa shape index (κ3) is 5.87. The van der Waals surface area contributed by atoms with Crippen LogP contribution in [0.15, 0.2) is 53.4 Å². The first-order valence-corrected chi connectivity index (χ1v) is 12.4. The number of amides is 1. The van der Waals surface area contributed by atoms with Crippen LogP contribution in [0.4, 0.5) is 10.8 Å². The van der Waals surface area contributed by atoms with Crippen molar-refractivity contribution >= 4 is 48.1 Å². The predicted octanol–water partition coefficient (Wildman–Crippen LogP) is 3.35. The second kappa shape index (κ2) is 10.2. The average Bonchev–Trinajstić information content (AvgIpc) is 3.17. The van der Waals surface area contributed by atoms with Crippen molar-refractivity contribution in [2.75, 3.05) is 37.8 Å². The van der Waals surface area contributed by atoms with E-state index in [0.29, 0.717) is 28.4 Å². The summed E-state index contributed by atoms with van der Waals surface area (Å²) in [5.41, 5.74) is 0.537. The number of nitro groups is 1. The quantitative estimate of drug-likeness (QED) is 0.326. The molecule has 0 bridgehead atoms. The molecular weight excluding hydrogens is 452 g/mol. The molecule has 0 atom stereocenters. The van der Waals surface area contributed by atoms with E-state index in [-0.39, 0.29) is 35.1 Å². The Balaban J connectivity index is 1.75. The number of nitro benzene ring substituents is 1. The molecule has 0 saturated heterocycles. The lowest BCUT2D eigenvalue weighted by Gasteiger charge is -2.22. The molecule has 1 amide bonds. The smallest absolute Gasteiger partial charge is 0.270 e. The minimum atomic E-state index is -3.46. The maximum atomic E-state index is 13.0. The Kier molecular flexibility index (Phi) is 7.54. The molecule has 0 saturated carbocycles. The third-order valence-electron chi connectivity index (χ3n) is 4.78. The van der Waals surface area contributed by atoms with Gasteiger partial charge < -0.3 is 4.90 Å². The number of hydrogen-bond donors (Lipinski definition) is 0. The van der Waals surface area contributed by atoms with Crippen LogP contribution in [0, 0.1) is 10.1 Å². The molecule has 0 spiro atoms. The molecule has 170 valence electrons. The molecule has 0 aliphatic heterocycles. The molecule has 11 heteroatoms. The number of aromatic nitrogens is 1. The van der Waals surface area contributed by atoms with E-state index >= 15 is 0 Å². The highest BCUT2D eigenvalue weighted by atomic mass is 32.2. The minimum Gasteiger partial charge on any atom is -0.308 e. The Morgan fingerprint density at radius 2 is 1.84 bits per heavy atom. The Bertz CT molecular complexity index is 1210. The van der Waals surface area contributed by atoms with E-state index in [9.17, 15) is 23.3 Å². The lowest BCUT2D eigenvalue weighted by molar-refractivity contribution is -0.384. The standard InChI is InChI=1S/C21H24N4O5S2/c1-23(2)12-13-24(21-22-18-11-10-16(25(27)28)15-19(18)31-21)20(26)9-6-14-32(29,30)17-7-4-3-5-8-17/h3-5,7-8,10-11,15H,6,9,12-14H2,1-2H3. The molecule has 0 aliphatic carbocycles. The first-order chi connectivity index (χ1) is 15.2. The molecule has 1 heterocycles. The number of thiazole rings is 1. The fraction of sp³-hybridized carbons (Fsp3) is 0.333. The van der Waals surface area contributed by atoms with Crippen LogP contribution >= 0.6 is 11.3 Å². The molecule has 32 heavy (non-hydrogen) atoms. The number of carbonyl (C=O) groups excluding carboxylic acids is 1. The van der Waals surface area contributed by atoms with Gasteiger partial charge >= 0.3 is 0 Å². The molecule has 0 unspecified atom stereocenters. The number of sulfone groups is 1. The van der Waals surface area contributed by atoms with Crippen molar-refractivity contribution < 1.29 is 18.1 Å². The van der Waals surface area contributed by atoms with Crippen LogP contribution < -0.4 is 4.90 Å². The second-order valence-electron chi connectivity index (χ2n) is 7.49. The van der Waals surface area contributed by atoms with E-state index in [1.165, 1.54) is 28.4 Å². The summed E-state index contributed by atoms with van der Waals surface area (Å²) in [4.78, 5) is 31.8. The van der Waals surface area contributed by atoms with E-state index in [1.54, 1.807) is 36.4 Å². The maximum Gasteiger partial charge on any atom is 0.270 e. The van der Waals surface area contributed by atoms with Crippen LogP contribution in [0.5, 0.6) is 0 Å². The number of fused-ring (bicyclic) bond motifs is 1. The second-order valence-corrected chi connectivity index (χ2v) is 10.6. The molecule has 3 aromatic rings. The van der Waals surface area contributed by atoms with Crippen molar-refractivity contribution in [3.63, 3.8) is 0 Å². The number of non-ortho nitro benzene ring substituents is 1. The van der Waals surface area contributed by atoms with E-state index in [1.807, 2.05) is 19.0 Å². The summed E-state index contributed by atoms with van der Waals surface area (Å²) in [5, 5.41) is 11.5. The van der Waals surface area contributed by atoms with Gasteiger partial charge in [-0.3, -0.25) is 19.8 Å². The van der Waals surface area contributed by atoms with Crippen LogP contribution in [-0.4, -0.2) is 62.1 Å². The average molecular weight is 477 g/mol. The maximum absolute atomic E-state index is 13.0. The molecule has 0 radical (unpaired) electrons. The zero-order chi connectivity index (χ0) is 23.3. The van der Waals surface area contributed by atoms with Gasteiger partial charge in [0.2, 0.25) is 5.91 Å². The number of nitrogens with zero attached hydrogens (tertiary/aromatic N) is 4. The van der Waals surface area contributed by atoms with Crippen molar-refractivity contribution in [3.8, 4) is 0 Å². The summed E-state index contributed by atoms with van der Waals surface area (Å²) < 4.78 is 25.6. The molecule has 0 aliphatic rings. The van der Waals surface area contributed by atoms with Crippen molar-refractivity contribution in [2.45, 2.75) is 17.7 Å². The summed E-state index contributed by atoms with van der Waals surface area (Å²) in [5.74, 6) is -0.361. The highest BCUT2D eigenvalue weighted by Gasteiger charge is 2.22. The fourth-order valence-corrected chi connectivity index (χ4v) is 5.43. The highest BCUT2D eigenvalue weighted by Crippen LogP contribution is 2.32. The highest BCUT2D eigenvalue weighted by molar-refractivity contribution is 7.91. The number of rotatable bonds is 10. The largest absolute Gasteiger partial charge is 0.308 e. The van der Waals surface area contributed by atoms with E-state index in [4.69, 9.17) is 0 Å². The van der Waals surface area contributed by atoms with Gasteiger partial charge in [-0.1, -0.05) is 29.5 Å². The van der Waals surface area contributed by atoms with Crippen molar-refractivity contribution in [1.29, 1.82) is 0 Å².